The SMILES string of the molecule is C/C=C1/CN2CC[C@]34C(=C(C(=O)OC)C1C[C@H]23)Nc1ccc(N)cc14. The molecule has 1 aromatic carbocycles. The number of nitrogens with two attached hydrogens (primary N) is 1. The maximum Gasteiger partial charge on any atom is 0.336 e. The van der Waals surface area contributed by atoms with Crippen LogP contribution in [-0.4, -0.2) is 37.1 Å². The highest BCUT2D eigenvalue weighted by Gasteiger charge is 2.62. The zero-order chi connectivity index (χ0) is 17.3. The first-order valence-corrected chi connectivity index (χ1v) is 8.99. The number of rotatable bonds is 1. The number of benzene rings is 1. The van der Waals surface area contributed by atoms with Crippen molar-refractivity contribution >= 4 is 17.3 Å². The summed E-state index contributed by atoms with van der Waals surface area (Å²) in [5.74, 6) is -0.0510. The van der Waals surface area contributed by atoms with Crippen molar-refractivity contribution in [2.24, 2.45) is 5.92 Å². The van der Waals surface area contributed by atoms with Gasteiger partial charge in [-0.25, -0.2) is 4.79 Å². The summed E-state index contributed by atoms with van der Waals surface area (Å²) in [5.41, 5.74) is 12.3. The minimum Gasteiger partial charge on any atom is -0.466 e. The summed E-state index contributed by atoms with van der Waals surface area (Å²) in [5, 5.41) is 3.59. The summed E-state index contributed by atoms with van der Waals surface area (Å²) in [6, 6.07) is 6.48. The number of nitrogens with one attached hydrogen (secondary N) is 1. The van der Waals surface area contributed by atoms with Crippen LogP contribution in [0.5, 0.6) is 0 Å². The summed E-state index contributed by atoms with van der Waals surface area (Å²) in [7, 11) is 1.48. The molecule has 5 nitrogen and oxygen atoms in total. The van der Waals surface area contributed by atoms with E-state index < -0.39 is 0 Å². The first kappa shape index (κ1) is 15.0. The number of fused-ring (bicyclic) bond motifs is 2. The fourth-order valence-corrected chi connectivity index (χ4v) is 5.67. The first-order valence-electron chi connectivity index (χ1n) is 8.99. The maximum absolute atomic E-state index is 12.8. The number of anilines is 2. The van der Waals surface area contributed by atoms with Gasteiger partial charge in [-0.2, -0.15) is 0 Å². The molecule has 3 heterocycles. The van der Waals surface area contributed by atoms with E-state index in [1.807, 2.05) is 12.1 Å². The fraction of sp³-hybridized carbons (Fsp3) is 0.450. The highest BCUT2D eigenvalue weighted by molar-refractivity contribution is 5.94. The lowest BCUT2D eigenvalue weighted by Crippen LogP contribution is -2.53. The molecule has 2 fully saturated rings. The highest BCUT2D eigenvalue weighted by atomic mass is 16.5. The fourth-order valence-electron chi connectivity index (χ4n) is 5.67. The average Bonchev–Trinajstić information content (AvgIpc) is 3.17. The van der Waals surface area contributed by atoms with Gasteiger partial charge in [0.05, 0.1) is 18.1 Å². The number of hydrogen-bond acceptors (Lipinski definition) is 5. The van der Waals surface area contributed by atoms with Crippen LogP contribution in [0.25, 0.3) is 0 Å². The molecule has 2 bridgehead atoms. The Labute approximate surface area is 147 Å². The van der Waals surface area contributed by atoms with E-state index >= 15 is 0 Å². The number of esters is 1. The molecule has 3 atom stereocenters. The van der Waals surface area contributed by atoms with Crippen molar-refractivity contribution in [2.75, 3.05) is 31.2 Å². The van der Waals surface area contributed by atoms with Gasteiger partial charge in [-0.15, -0.1) is 0 Å². The number of nitrogens with zero attached hydrogens (tertiary/aromatic N) is 1. The van der Waals surface area contributed by atoms with Crippen LogP contribution in [0.4, 0.5) is 11.4 Å². The van der Waals surface area contributed by atoms with E-state index in [-0.39, 0.29) is 17.3 Å². The van der Waals surface area contributed by atoms with Gasteiger partial charge in [-0.3, -0.25) is 4.90 Å². The van der Waals surface area contributed by atoms with Crippen molar-refractivity contribution in [3.8, 4) is 0 Å². The van der Waals surface area contributed by atoms with Crippen LogP contribution in [0.15, 0.2) is 41.1 Å². The first-order chi connectivity index (χ1) is 12.1. The molecule has 0 radical (unpaired) electrons. The number of carbonyl (C=O) groups excluding carboxylic acids is 1. The minimum atomic E-state index is -0.203. The topological polar surface area (TPSA) is 67.6 Å². The normalized spacial score (nSPS) is 33.9. The summed E-state index contributed by atoms with van der Waals surface area (Å²) in [4.78, 5) is 15.4. The molecule has 1 unspecified atom stereocenters. The van der Waals surface area contributed by atoms with Crippen LogP contribution in [0.2, 0.25) is 0 Å². The molecule has 25 heavy (non-hydrogen) atoms. The van der Waals surface area contributed by atoms with Gasteiger partial charge in [0.1, 0.15) is 0 Å². The Bertz CT molecular complexity index is 856. The molecule has 0 aromatic heterocycles. The molecule has 130 valence electrons. The van der Waals surface area contributed by atoms with Gasteiger partial charge in [0, 0.05) is 42.1 Å². The Hall–Kier alpha value is -2.27. The molecule has 1 spiro atoms. The van der Waals surface area contributed by atoms with E-state index in [4.69, 9.17) is 10.5 Å². The predicted molar refractivity (Wildman–Crippen MR) is 97.0 cm³/mol. The van der Waals surface area contributed by atoms with Gasteiger partial charge < -0.3 is 15.8 Å². The lowest BCUT2D eigenvalue weighted by molar-refractivity contribution is -0.137. The molecule has 5 rings (SSSR count). The van der Waals surface area contributed by atoms with Crippen LogP contribution < -0.4 is 11.1 Å². The zero-order valence-electron chi connectivity index (χ0n) is 14.6. The number of piperidine rings is 1. The third kappa shape index (κ3) is 1.69. The summed E-state index contributed by atoms with van der Waals surface area (Å²) >= 11 is 0. The van der Waals surface area contributed by atoms with E-state index in [9.17, 15) is 4.79 Å². The van der Waals surface area contributed by atoms with Crippen molar-refractivity contribution < 1.29 is 9.53 Å². The standard InChI is InChI=1S/C20H23N3O2/c1-3-11-10-23-7-6-20-14-8-12(21)4-5-15(14)22-18(20)17(19(24)25-2)13(11)9-16(20)23/h3-5,8,13,16,22H,6-7,9-10,21H2,1-2H3/b11-3-/t13?,16-,20+/m0/s1. The van der Waals surface area contributed by atoms with E-state index in [1.165, 1.54) is 18.2 Å². The Morgan fingerprint density at radius 1 is 1.48 bits per heavy atom. The second-order valence-electron chi connectivity index (χ2n) is 7.57. The van der Waals surface area contributed by atoms with Crippen molar-refractivity contribution in [3.63, 3.8) is 0 Å². The Morgan fingerprint density at radius 3 is 3.08 bits per heavy atom. The Balaban J connectivity index is 1.82. The summed E-state index contributed by atoms with van der Waals surface area (Å²) in [6.07, 6.45) is 4.17. The lowest BCUT2D eigenvalue weighted by Gasteiger charge is -2.48. The molecule has 1 aliphatic carbocycles. The van der Waals surface area contributed by atoms with Crippen LogP contribution in [0.1, 0.15) is 25.3 Å². The average molecular weight is 337 g/mol. The molecular formula is C20H23N3O2. The quantitative estimate of drug-likeness (QED) is 0.468. The van der Waals surface area contributed by atoms with Gasteiger partial charge in [-0.1, -0.05) is 11.6 Å². The van der Waals surface area contributed by atoms with Gasteiger partial charge in [-0.05, 0) is 43.5 Å². The highest BCUT2D eigenvalue weighted by Crippen LogP contribution is 2.61. The van der Waals surface area contributed by atoms with Crippen molar-refractivity contribution in [1.82, 2.24) is 4.90 Å². The van der Waals surface area contributed by atoms with E-state index in [2.05, 4.69) is 29.3 Å². The molecular weight excluding hydrogens is 314 g/mol. The number of hydrogen-bond donors (Lipinski definition) is 2. The molecule has 0 amide bonds. The van der Waals surface area contributed by atoms with Crippen molar-refractivity contribution in [1.29, 1.82) is 0 Å². The van der Waals surface area contributed by atoms with Crippen LogP contribution in [0, 0.1) is 5.92 Å². The number of methoxy groups -OCH3 is 1. The minimum absolute atomic E-state index is 0.149. The molecule has 2 saturated heterocycles. The van der Waals surface area contributed by atoms with E-state index in [0.29, 0.717) is 6.04 Å². The van der Waals surface area contributed by atoms with Crippen LogP contribution in [0.3, 0.4) is 0 Å². The van der Waals surface area contributed by atoms with Gasteiger partial charge in [0.25, 0.3) is 0 Å². The van der Waals surface area contributed by atoms with Crippen LogP contribution >= 0.6 is 0 Å². The number of nitrogen functional groups attached to an aromatic ring is 1. The lowest BCUT2D eigenvalue weighted by atomic mass is 9.62. The second-order valence-corrected chi connectivity index (χ2v) is 7.57. The molecule has 0 saturated carbocycles. The number of ether oxygens (including phenoxy) is 1. The number of carbonyl (C=O) groups is 1. The van der Waals surface area contributed by atoms with Crippen LogP contribution in [-0.2, 0) is 14.9 Å². The van der Waals surface area contributed by atoms with E-state index in [0.717, 1.165) is 48.6 Å². The van der Waals surface area contributed by atoms with Gasteiger partial charge in [0.2, 0.25) is 0 Å². The summed E-state index contributed by atoms with van der Waals surface area (Å²) < 4.78 is 5.21. The van der Waals surface area contributed by atoms with Gasteiger partial charge >= 0.3 is 5.97 Å². The monoisotopic (exact) mass is 337 g/mol. The third-order valence-electron chi connectivity index (χ3n) is 6.72. The van der Waals surface area contributed by atoms with Crippen molar-refractivity contribution in [3.05, 3.63) is 46.7 Å². The molecule has 1 aromatic rings. The third-order valence-corrected chi connectivity index (χ3v) is 6.72. The molecule has 3 N–H and O–H groups in total. The molecule has 4 aliphatic rings. The zero-order valence-corrected chi connectivity index (χ0v) is 14.6. The number of allylic oxidation sites excluding steroid dienone is 1. The Morgan fingerprint density at radius 2 is 2.32 bits per heavy atom. The predicted octanol–water partition coefficient (Wildman–Crippen LogP) is 2.41. The summed E-state index contributed by atoms with van der Waals surface area (Å²) in [6.45, 7) is 4.06. The maximum atomic E-state index is 12.8. The van der Waals surface area contributed by atoms with Crippen molar-refractivity contribution in [2.45, 2.75) is 31.2 Å². The smallest absolute Gasteiger partial charge is 0.336 e. The van der Waals surface area contributed by atoms with E-state index in [1.54, 1.807) is 0 Å². The molecule has 5 heteroatoms. The van der Waals surface area contributed by atoms with Gasteiger partial charge in [0.15, 0.2) is 0 Å². The second kappa shape index (κ2) is 4.88. The molecule has 3 aliphatic heterocycles. The Kier molecular flexibility index (Phi) is 2.93. The largest absolute Gasteiger partial charge is 0.466 e.